The van der Waals surface area contributed by atoms with Crippen molar-refractivity contribution in [3.63, 3.8) is 0 Å². The molecule has 0 saturated heterocycles. The fourth-order valence-corrected chi connectivity index (χ4v) is 2.32. The van der Waals surface area contributed by atoms with Crippen LogP contribution >= 0.6 is 0 Å². The SMILES string of the molecule is CCn1cc(S(=O)(=O)NC/C=C/CN)nc1C. The number of aryl methyl sites for hydroxylation is 2. The smallest absolute Gasteiger partial charge is 0.259 e. The van der Waals surface area contributed by atoms with E-state index < -0.39 is 10.0 Å². The van der Waals surface area contributed by atoms with E-state index in [4.69, 9.17) is 5.73 Å². The minimum atomic E-state index is -3.53. The lowest BCUT2D eigenvalue weighted by Crippen LogP contribution is -2.24. The van der Waals surface area contributed by atoms with E-state index in [0.29, 0.717) is 18.9 Å². The molecular formula is C10H18N4O2S. The number of hydrogen-bond acceptors (Lipinski definition) is 4. The van der Waals surface area contributed by atoms with Crippen molar-refractivity contribution in [1.82, 2.24) is 14.3 Å². The molecule has 1 aromatic rings. The van der Waals surface area contributed by atoms with E-state index in [0.717, 1.165) is 0 Å². The minimum Gasteiger partial charge on any atom is -0.334 e. The molecule has 0 bridgehead atoms. The third-order valence-corrected chi connectivity index (χ3v) is 3.56. The predicted molar refractivity (Wildman–Crippen MR) is 66.0 cm³/mol. The van der Waals surface area contributed by atoms with Gasteiger partial charge in [0.2, 0.25) is 0 Å². The topological polar surface area (TPSA) is 90.0 Å². The average molecular weight is 258 g/mol. The minimum absolute atomic E-state index is 0.0537. The number of aromatic nitrogens is 2. The first-order valence-corrected chi connectivity index (χ1v) is 6.88. The van der Waals surface area contributed by atoms with E-state index in [1.165, 1.54) is 6.20 Å². The van der Waals surface area contributed by atoms with Gasteiger partial charge in [0.15, 0.2) is 5.03 Å². The molecule has 0 fully saturated rings. The van der Waals surface area contributed by atoms with Crippen molar-refractivity contribution in [2.24, 2.45) is 5.73 Å². The van der Waals surface area contributed by atoms with Crippen LogP contribution in [0.5, 0.6) is 0 Å². The van der Waals surface area contributed by atoms with Crippen LogP contribution in [0.4, 0.5) is 0 Å². The van der Waals surface area contributed by atoms with Crippen LogP contribution in [-0.2, 0) is 16.6 Å². The van der Waals surface area contributed by atoms with Crippen molar-refractivity contribution in [2.45, 2.75) is 25.4 Å². The van der Waals surface area contributed by atoms with Crippen LogP contribution in [0.3, 0.4) is 0 Å². The zero-order chi connectivity index (χ0) is 12.9. The number of nitrogens with two attached hydrogens (primary N) is 1. The first kappa shape index (κ1) is 13.9. The summed E-state index contributed by atoms with van der Waals surface area (Å²) < 4.78 is 27.9. The lowest BCUT2D eigenvalue weighted by molar-refractivity contribution is 0.582. The largest absolute Gasteiger partial charge is 0.334 e. The molecule has 0 aliphatic carbocycles. The monoisotopic (exact) mass is 258 g/mol. The van der Waals surface area contributed by atoms with Gasteiger partial charge in [0.1, 0.15) is 5.82 Å². The molecule has 0 unspecified atom stereocenters. The van der Waals surface area contributed by atoms with Gasteiger partial charge in [-0.25, -0.2) is 18.1 Å². The third-order valence-electron chi connectivity index (χ3n) is 2.26. The molecule has 3 N–H and O–H groups in total. The summed E-state index contributed by atoms with van der Waals surface area (Å²) >= 11 is 0. The first-order valence-electron chi connectivity index (χ1n) is 5.39. The number of hydrogen-bond donors (Lipinski definition) is 2. The Kier molecular flexibility index (Phi) is 4.86. The molecule has 6 nitrogen and oxygen atoms in total. The van der Waals surface area contributed by atoms with Gasteiger partial charge in [-0.2, -0.15) is 0 Å². The Bertz CT molecular complexity index is 490. The van der Waals surface area contributed by atoms with Gasteiger partial charge in [0.05, 0.1) is 0 Å². The van der Waals surface area contributed by atoms with Gasteiger partial charge in [0, 0.05) is 25.8 Å². The summed E-state index contributed by atoms with van der Waals surface area (Å²) in [5.74, 6) is 0.686. The van der Waals surface area contributed by atoms with Gasteiger partial charge in [-0.15, -0.1) is 0 Å². The molecule has 0 spiro atoms. The molecule has 1 rings (SSSR count). The molecule has 7 heteroatoms. The van der Waals surface area contributed by atoms with Crippen LogP contribution in [0, 0.1) is 6.92 Å². The van der Waals surface area contributed by atoms with Gasteiger partial charge >= 0.3 is 0 Å². The Morgan fingerprint density at radius 3 is 2.76 bits per heavy atom. The van der Waals surface area contributed by atoms with Crippen LogP contribution in [-0.4, -0.2) is 31.1 Å². The van der Waals surface area contributed by atoms with Crippen molar-refractivity contribution in [3.05, 3.63) is 24.2 Å². The fraction of sp³-hybridized carbons (Fsp3) is 0.500. The number of nitrogens with one attached hydrogen (secondary N) is 1. The van der Waals surface area contributed by atoms with E-state index >= 15 is 0 Å². The highest BCUT2D eigenvalue weighted by Gasteiger charge is 2.17. The van der Waals surface area contributed by atoms with E-state index in [1.807, 2.05) is 6.92 Å². The van der Waals surface area contributed by atoms with E-state index in [-0.39, 0.29) is 11.6 Å². The number of rotatable bonds is 6. The standard InChI is InChI=1S/C10H18N4O2S/c1-3-14-8-10(13-9(14)2)17(15,16)12-7-5-4-6-11/h4-5,8,12H,3,6-7,11H2,1-2H3/b5-4+. The molecule has 0 atom stereocenters. The van der Waals surface area contributed by atoms with Gasteiger partial charge in [-0.1, -0.05) is 12.2 Å². The molecule has 0 saturated carbocycles. The summed E-state index contributed by atoms with van der Waals surface area (Å²) in [5, 5.41) is 0.0537. The normalized spacial score (nSPS) is 12.4. The van der Waals surface area contributed by atoms with Crippen LogP contribution < -0.4 is 10.5 Å². The second-order valence-electron chi connectivity index (χ2n) is 3.47. The maximum Gasteiger partial charge on any atom is 0.259 e. The summed E-state index contributed by atoms with van der Waals surface area (Å²) in [5.41, 5.74) is 5.25. The van der Waals surface area contributed by atoms with Crippen molar-refractivity contribution < 1.29 is 8.42 Å². The summed E-state index contributed by atoms with van der Waals surface area (Å²) in [6, 6.07) is 0. The maximum atomic E-state index is 11.8. The maximum absolute atomic E-state index is 11.8. The molecule has 0 aliphatic heterocycles. The average Bonchev–Trinajstić information content (AvgIpc) is 2.67. The van der Waals surface area contributed by atoms with Gasteiger partial charge in [-0.05, 0) is 13.8 Å². The molecule has 0 amide bonds. The van der Waals surface area contributed by atoms with Crippen LogP contribution in [0.2, 0.25) is 0 Å². The predicted octanol–water partition coefficient (Wildman–Crippen LogP) is 0.00462. The third kappa shape index (κ3) is 3.65. The molecule has 0 aliphatic rings. The van der Waals surface area contributed by atoms with Crippen molar-refractivity contribution >= 4 is 10.0 Å². The Labute approximate surface area is 102 Å². The molecule has 17 heavy (non-hydrogen) atoms. The zero-order valence-corrected chi connectivity index (χ0v) is 10.9. The van der Waals surface area contributed by atoms with Crippen LogP contribution in [0.1, 0.15) is 12.7 Å². The van der Waals surface area contributed by atoms with Crippen LogP contribution in [0.25, 0.3) is 0 Å². The number of imidazole rings is 1. The van der Waals surface area contributed by atoms with Crippen molar-refractivity contribution in [1.29, 1.82) is 0 Å². The fourth-order valence-electron chi connectivity index (χ4n) is 1.34. The highest BCUT2D eigenvalue weighted by molar-refractivity contribution is 7.89. The molecule has 1 aromatic heterocycles. The van der Waals surface area contributed by atoms with Crippen molar-refractivity contribution in [3.8, 4) is 0 Å². The Balaban J connectivity index is 2.79. The zero-order valence-electron chi connectivity index (χ0n) is 10.0. The summed E-state index contributed by atoms with van der Waals surface area (Å²) in [6.07, 6.45) is 4.89. The van der Waals surface area contributed by atoms with E-state index in [2.05, 4.69) is 9.71 Å². The quantitative estimate of drug-likeness (QED) is 0.703. The van der Waals surface area contributed by atoms with Gasteiger partial charge < -0.3 is 10.3 Å². The lowest BCUT2D eigenvalue weighted by Gasteiger charge is -2.00. The van der Waals surface area contributed by atoms with Gasteiger partial charge in [-0.3, -0.25) is 0 Å². The molecular weight excluding hydrogens is 240 g/mol. The van der Waals surface area contributed by atoms with Crippen molar-refractivity contribution in [2.75, 3.05) is 13.1 Å². The summed E-state index contributed by atoms with van der Waals surface area (Å²) in [6.45, 7) is 5.02. The molecule has 0 aromatic carbocycles. The Morgan fingerprint density at radius 2 is 2.24 bits per heavy atom. The first-order chi connectivity index (χ1) is 8.01. The number of nitrogens with zero attached hydrogens (tertiary/aromatic N) is 2. The molecule has 1 heterocycles. The lowest BCUT2D eigenvalue weighted by atomic mass is 10.5. The van der Waals surface area contributed by atoms with Crippen LogP contribution in [0.15, 0.2) is 23.4 Å². The van der Waals surface area contributed by atoms with E-state index in [1.54, 1.807) is 23.6 Å². The Hall–Kier alpha value is -1.18. The Morgan fingerprint density at radius 1 is 1.53 bits per heavy atom. The molecule has 96 valence electrons. The van der Waals surface area contributed by atoms with E-state index in [9.17, 15) is 8.42 Å². The second kappa shape index (κ2) is 5.95. The summed E-state index contributed by atoms with van der Waals surface area (Å²) in [4.78, 5) is 4.02. The highest BCUT2D eigenvalue weighted by Crippen LogP contribution is 2.08. The highest BCUT2D eigenvalue weighted by atomic mass is 32.2. The number of sulfonamides is 1. The molecule has 0 radical (unpaired) electrons. The van der Waals surface area contributed by atoms with Gasteiger partial charge in [0.25, 0.3) is 10.0 Å². The summed E-state index contributed by atoms with van der Waals surface area (Å²) in [7, 11) is -3.53. The second-order valence-corrected chi connectivity index (χ2v) is 5.19.